The lowest BCUT2D eigenvalue weighted by Gasteiger charge is -2.23. The standard InChI is InChI=1S/C14H19N3O/c1-2-12(9-15-6-1)16-7-5-11-3-4-13-14(8-11)18-10-17-13/h3-4,8,10,12,15-16H,1-2,5-7,9H2. The summed E-state index contributed by atoms with van der Waals surface area (Å²) in [6.07, 6.45) is 5.10. The Morgan fingerprint density at radius 3 is 3.33 bits per heavy atom. The van der Waals surface area contributed by atoms with Gasteiger partial charge in [-0.15, -0.1) is 0 Å². The molecule has 96 valence electrons. The number of rotatable bonds is 4. The van der Waals surface area contributed by atoms with Crippen molar-refractivity contribution in [3.05, 3.63) is 30.2 Å². The van der Waals surface area contributed by atoms with Crippen LogP contribution >= 0.6 is 0 Å². The van der Waals surface area contributed by atoms with Gasteiger partial charge < -0.3 is 15.1 Å². The van der Waals surface area contributed by atoms with Crippen LogP contribution in [0.5, 0.6) is 0 Å². The normalized spacial score (nSPS) is 20.3. The van der Waals surface area contributed by atoms with Crippen LogP contribution in [0, 0.1) is 0 Å². The van der Waals surface area contributed by atoms with Crippen molar-refractivity contribution < 1.29 is 4.42 Å². The van der Waals surface area contributed by atoms with Crippen molar-refractivity contribution in [1.29, 1.82) is 0 Å². The first-order chi connectivity index (χ1) is 8.92. The van der Waals surface area contributed by atoms with Gasteiger partial charge in [0.05, 0.1) is 0 Å². The molecule has 1 aromatic heterocycles. The number of fused-ring (bicyclic) bond motifs is 1. The lowest BCUT2D eigenvalue weighted by molar-refractivity contribution is 0.392. The molecule has 1 aliphatic heterocycles. The first-order valence-corrected chi connectivity index (χ1v) is 6.68. The van der Waals surface area contributed by atoms with E-state index >= 15 is 0 Å². The first kappa shape index (κ1) is 11.7. The number of nitrogens with zero attached hydrogens (tertiary/aromatic N) is 1. The second kappa shape index (κ2) is 5.50. The number of hydrogen-bond donors (Lipinski definition) is 2. The predicted octanol–water partition coefficient (Wildman–Crippen LogP) is 1.71. The predicted molar refractivity (Wildman–Crippen MR) is 71.6 cm³/mol. The average Bonchev–Trinajstić information content (AvgIpc) is 2.87. The van der Waals surface area contributed by atoms with Crippen molar-refractivity contribution in [2.45, 2.75) is 25.3 Å². The van der Waals surface area contributed by atoms with Gasteiger partial charge >= 0.3 is 0 Å². The molecule has 1 saturated heterocycles. The van der Waals surface area contributed by atoms with Gasteiger partial charge in [0, 0.05) is 12.6 Å². The molecule has 1 fully saturated rings. The van der Waals surface area contributed by atoms with E-state index < -0.39 is 0 Å². The topological polar surface area (TPSA) is 50.1 Å². The Morgan fingerprint density at radius 2 is 2.44 bits per heavy atom. The highest BCUT2D eigenvalue weighted by atomic mass is 16.3. The third-order valence-corrected chi connectivity index (χ3v) is 3.54. The van der Waals surface area contributed by atoms with E-state index in [2.05, 4.69) is 27.8 Å². The van der Waals surface area contributed by atoms with Crippen molar-refractivity contribution in [1.82, 2.24) is 15.6 Å². The van der Waals surface area contributed by atoms with Crippen LogP contribution in [-0.2, 0) is 6.42 Å². The van der Waals surface area contributed by atoms with Crippen molar-refractivity contribution in [3.63, 3.8) is 0 Å². The minimum Gasteiger partial charge on any atom is -0.443 e. The maximum Gasteiger partial charge on any atom is 0.181 e. The Balaban J connectivity index is 1.52. The van der Waals surface area contributed by atoms with E-state index in [1.165, 1.54) is 31.3 Å². The van der Waals surface area contributed by atoms with Crippen LogP contribution in [-0.4, -0.2) is 30.7 Å². The van der Waals surface area contributed by atoms with Gasteiger partial charge in [0.2, 0.25) is 0 Å². The van der Waals surface area contributed by atoms with Crippen LogP contribution in [0.15, 0.2) is 29.0 Å². The maximum absolute atomic E-state index is 5.31. The molecule has 0 bridgehead atoms. The molecule has 1 aromatic carbocycles. The molecule has 18 heavy (non-hydrogen) atoms. The van der Waals surface area contributed by atoms with E-state index in [1.807, 2.05) is 6.07 Å². The summed E-state index contributed by atoms with van der Waals surface area (Å²) in [5, 5.41) is 7.02. The van der Waals surface area contributed by atoms with Crippen molar-refractivity contribution in [2.75, 3.05) is 19.6 Å². The molecule has 1 aliphatic rings. The first-order valence-electron chi connectivity index (χ1n) is 6.68. The van der Waals surface area contributed by atoms with Gasteiger partial charge in [0.25, 0.3) is 0 Å². The molecular formula is C14H19N3O. The quantitative estimate of drug-likeness (QED) is 0.861. The molecule has 0 radical (unpaired) electrons. The summed E-state index contributed by atoms with van der Waals surface area (Å²) in [6, 6.07) is 6.87. The summed E-state index contributed by atoms with van der Waals surface area (Å²) in [7, 11) is 0. The zero-order chi connectivity index (χ0) is 12.2. The molecule has 4 heteroatoms. The fourth-order valence-electron chi connectivity index (χ4n) is 2.50. The highest BCUT2D eigenvalue weighted by molar-refractivity contribution is 5.72. The molecule has 4 nitrogen and oxygen atoms in total. The van der Waals surface area contributed by atoms with Gasteiger partial charge in [-0.25, -0.2) is 4.98 Å². The number of oxazole rings is 1. The largest absolute Gasteiger partial charge is 0.443 e. The Morgan fingerprint density at radius 1 is 1.44 bits per heavy atom. The van der Waals surface area contributed by atoms with E-state index in [4.69, 9.17) is 4.42 Å². The summed E-state index contributed by atoms with van der Waals surface area (Å²) in [5.41, 5.74) is 3.12. The van der Waals surface area contributed by atoms with Crippen LogP contribution in [0.3, 0.4) is 0 Å². The zero-order valence-electron chi connectivity index (χ0n) is 10.5. The number of nitrogens with one attached hydrogen (secondary N) is 2. The summed E-state index contributed by atoms with van der Waals surface area (Å²) < 4.78 is 5.31. The summed E-state index contributed by atoms with van der Waals surface area (Å²) in [6.45, 7) is 3.29. The van der Waals surface area contributed by atoms with Gasteiger partial charge in [0.1, 0.15) is 5.52 Å². The van der Waals surface area contributed by atoms with E-state index in [9.17, 15) is 0 Å². The lowest BCUT2D eigenvalue weighted by atomic mass is 10.1. The van der Waals surface area contributed by atoms with Crippen molar-refractivity contribution >= 4 is 11.1 Å². The Hall–Kier alpha value is -1.39. The lowest BCUT2D eigenvalue weighted by Crippen LogP contribution is -2.43. The second-order valence-corrected chi connectivity index (χ2v) is 4.90. The minimum absolute atomic E-state index is 0.632. The van der Waals surface area contributed by atoms with E-state index in [-0.39, 0.29) is 0 Å². The second-order valence-electron chi connectivity index (χ2n) is 4.90. The Bertz CT molecular complexity index is 502. The third-order valence-electron chi connectivity index (χ3n) is 3.54. The molecule has 0 spiro atoms. The molecule has 2 aromatic rings. The van der Waals surface area contributed by atoms with E-state index in [1.54, 1.807) is 0 Å². The van der Waals surface area contributed by atoms with Gasteiger partial charge in [-0.3, -0.25) is 0 Å². The Kier molecular flexibility index (Phi) is 3.57. The molecule has 2 heterocycles. The minimum atomic E-state index is 0.632. The summed E-state index contributed by atoms with van der Waals surface area (Å²) in [4.78, 5) is 4.12. The number of benzene rings is 1. The molecule has 1 unspecified atom stereocenters. The van der Waals surface area contributed by atoms with Gasteiger partial charge in [-0.2, -0.15) is 0 Å². The summed E-state index contributed by atoms with van der Waals surface area (Å²) >= 11 is 0. The SMILES string of the molecule is c1nc2ccc(CCNC3CCCNC3)cc2o1. The number of hydrogen-bond acceptors (Lipinski definition) is 4. The molecule has 2 N–H and O–H groups in total. The molecule has 0 saturated carbocycles. The highest BCUT2D eigenvalue weighted by Gasteiger charge is 2.11. The number of piperidine rings is 1. The maximum atomic E-state index is 5.31. The van der Waals surface area contributed by atoms with Gasteiger partial charge in [-0.1, -0.05) is 6.07 Å². The zero-order valence-corrected chi connectivity index (χ0v) is 10.5. The molecule has 0 amide bonds. The third kappa shape index (κ3) is 2.71. The highest BCUT2D eigenvalue weighted by Crippen LogP contribution is 2.14. The van der Waals surface area contributed by atoms with E-state index in [0.717, 1.165) is 30.6 Å². The monoisotopic (exact) mass is 245 g/mol. The Labute approximate surface area is 107 Å². The van der Waals surface area contributed by atoms with Crippen LogP contribution in [0.25, 0.3) is 11.1 Å². The molecule has 0 aliphatic carbocycles. The fraction of sp³-hybridized carbons (Fsp3) is 0.500. The van der Waals surface area contributed by atoms with E-state index in [0.29, 0.717) is 6.04 Å². The number of aromatic nitrogens is 1. The van der Waals surface area contributed by atoms with Gasteiger partial charge in [0.15, 0.2) is 12.0 Å². The fourth-order valence-corrected chi connectivity index (χ4v) is 2.50. The summed E-state index contributed by atoms with van der Waals surface area (Å²) in [5.74, 6) is 0. The van der Waals surface area contributed by atoms with Crippen molar-refractivity contribution in [3.8, 4) is 0 Å². The van der Waals surface area contributed by atoms with Crippen LogP contribution in [0.1, 0.15) is 18.4 Å². The average molecular weight is 245 g/mol. The molecular weight excluding hydrogens is 226 g/mol. The molecule has 1 atom stereocenters. The van der Waals surface area contributed by atoms with Crippen molar-refractivity contribution in [2.24, 2.45) is 0 Å². The van der Waals surface area contributed by atoms with Gasteiger partial charge in [-0.05, 0) is 50.0 Å². The van der Waals surface area contributed by atoms with Crippen LogP contribution < -0.4 is 10.6 Å². The smallest absolute Gasteiger partial charge is 0.181 e. The molecule has 3 rings (SSSR count). The van der Waals surface area contributed by atoms with Crippen LogP contribution in [0.4, 0.5) is 0 Å². The van der Waals surface area contributed by atoms with Crippen LogP contribution in [0.2, 0.25) is 0 Å².